The van der Waals surface area contributed by atoms with E-state index in [0.717, 1.165) is 12.8 Å². The molecule has 1 unspecified atom stereocenters. The Balaban J connectivity index is 4.08. The van der Waals surface area contributed by atoms with Gasteiger partial charge in [-0.05, 0) is 13.3 Å². The Kier molecular flexibility index (Phi) is 7.35. The van der Waals surface area contributed by atoms with Gasteiger partial charge < -0.3 is 10.6 Å². The van der Waals surface area contributed by atoms with Gasteiger partial charge in [-0.25, -0.2) is 5.84 Å². The number of carbonyl (C=O) groups excluding carboxylic acids is 1. The molecular formula is C9H21N5O. The number of rotatable bonds is 5. The van der Waals surface area contributed by atoms with Gasteiger partial charge in [-0.2, -0.15) is 0 Å². The molecular weight excluding hydrogens is 194 g/mol. The molecule has 0 aromatic carbocycles. The third kappa shape index (κ3) is 5.90. The van der Waals surface area contributed by atoms with Crippen LogP contribution in [0.1, 0.15) is 26.7 Å². The van der Waals surface area contributed by atoms with Gasteiger partial charge in [-0.15, -0.1) is 0 Å². The van der Waals surface area contributed by atoms with Gasteiger partial charge in [0.25, 0.3) is 0 Å². The molecule has 6 nitrogen and oxygen atoms in total. The van der Waals surface area contributed by atoms with E-state index in [0.29, 0.717) is 12.5 Å². The number of guanidine groups is 1. The zero-order valence-electron chi connectivity index (χ0n) is 9.63. The standard InChI is InChI=1S/C9H21N5O/c1-4-5-6-12-9(14-10)13-7(2)8(15)11-3/h7H,4-6,10H2,1-3H3,(H,11,15)(H2,12,13,14). The molecule has 6 heteroatoms. The fourth-order valence-corrected chi connectivity index (χ4v) is 0.969. The van der Waals surface area contributed by atoms with Crippen molar-refractivity contribution in [2.24, 2.45) is 10.8 Å². The molecule has 1 amide bonds. The monoisotopic (exact) mass is 215 g/mol. The molecule has 0 aliphatic heterocycles. The van der Waals surface area contributed by atoms with Crippen molar-refractivity contribution in [3.05, 3.63) is 0 Å². The van der Waals surface area contributed by atoms with Crippen molar-refractivity contribution in [1.82, 2.24) is 16.1 Å². The summed E-state index contributed by atoms with van der Waals surface area (Å²) >= 11 is 0. The van der Waals surface area contributed by atoms with E-state index in [1.165, 1.54) is 0 Å². The Morgan fingerprint density at radius 1 is 1.53 bits per heavy atom. The van der Waals surface area contributed by atoms with Crippen molar-refractivity contribution in [2.45, 2.75) is 32.7 Å². The van der Waals surface area contributed by atoms with Crippen LogP contribution < -0.4 is 21.9 Å². The van der Waals surface area contributed by atoms with Gasteiger partial charge in [0.15, 0.2) is 0 Å². The molecule has 0 saturated heterocycles. The zero-order valence-corrected chi connectivity index (χ0v) is 9.63. The maximum Gasteiger partial charge on any atom is 0.242 e. The van der Waals surface area contributed by atoms with Crippen molar-refractivity contribution >= 4 is 11.9 Å². The Morgan fingerprint density at radius 3 is 2.67 bits per heavy atom. The second kappa shape index (κ2) is 8.05. The smallest absolute Gasteiger partial charge is 0.242 e. The summed E-state index contributed by atoms with van der Waals surface area (Å²) in [4.78, 5) is 15.4. The zero-order chi connectivity index (χ0) is 11.7. The van der Waals surface area contributed by atoms with Crippen molar-refractivity contribution in [2.75, 3.05) is 13.6 Å². The van der Waals surface area contributed by atoms with Crippen LogP contribution in [0.15, 0.2) is 4.99 Å². The number of unbranched alkanes of at least 4 members (excludes halogenated alkanes) is 1. The van der Waals surface area contributed by atoms with Gasteiger partial charge >= 0.3 is 0 Å². The molecule has 0 heterocycles. The van der Waals surface area contributed by atoms with Crippen LogP contribution in [-0.2, 0) is 4.79 Å². The van der Waals surface area contributed by atoms with Crippen LogP contribution in [0.3, 0.4) is 0 Å². The molecule has 0 rings (SSSR count). The first-order chi connectivity index (χ1) is 7.15. The average Bonchev–Trinajstić information content (AvgIpc) is 2.26. The summed E-state index contributed by atoms with van der Waals surface area (Å²) in [5.74, 6) is 5.61. The Morgan fingerprint density at radius 2 is 2.20 bits per heavy atom. The third-order valence-electron chi connectivity index (χ3n) is 1.91. The lowest BCUT2D eigenvalue weighted by atomic mass is 10.3. The second-order valence-corrected chi connectivity index (χ2v) is 3.21. The number of amides is 1. The Labute approximate surface area is 90.7 Å². The second-order valence-electron chi connectivity index (χ2n) is 3.21. The quantitative estimate of drug-likeness (QED) is 0.161. The van der Waals surface area contributed by atoms with Gasteiger partial charge in [-0.1, -0.05) is 13.3 Å². The van der Waals surface area contributed by atoms with Crippen LogP contribution in [0.25, 0.3) is 0 Å². The number of nitrogens with one attached hydrogen (secondary N) is 3. The number of hydrazine groups is 1. The Bertz CT molecular complexity index is 217. The lowest BCUT2D eigenvalue weighted by Gasteiger charge is -2.14. The van der Waals surface area contributed by atoms with Crippen LogP contribution in [0, 0.1) is 0 Å². The Hall–Kier alpha value is -1.30. The predicted octanol–water partition coefficient (Wildman–Crippen LogP) is -0.670. The summed E-state index contributed by atoms with van der Waals surface area (Å²) in [5.41, 5.74) is 2.43. The highest BCUT2D eigenvalue weighted by Crippen LogP contribution is 1.87. The van der Waals surface area contributed by atoms with E-state index in [-0.39, 0.29) is 11.9 Å². The molecule has 15 heavy (non-hydrogen) atoms. The number of carbonyl (C=O) groups is 1. The maximum absolute atomic E-state index is 11.2. The predicted molar refractivity (Wildman–Crippen MR) is 61.2 cm³/mol. The molecule has 0 aromatic rings. The topological polar surface area (TPSA) is 91.5 Å². The van der Waals surface area contributed by atoms with Crippen LogP contribution >= 0.6 is 0 Å². The van der Waals surface area contributed by atoms with Crippen molar-refractivity contribution in [3.8, 4) is 0 Å². The largest absolute Gasteiger partial charge is 0.357 e. The van der Waals surface area contributed by atoms with Crippen LogP contribution in [0.5, 0.6) is 0 Å². The molecule has 88 valence electrons. The average molecular weight is 215 g/mol. The summed E-state index contributed by atoms with van der Waals surface area (Å²) in [5, 5.41) is 5.41. The maximum atomic E-state index is 11.2. The molecule has 0 aliphatic rings. The first kappa shape index (κ1) is 13.7. The first-order valence-corrected chi connectivity index (χ1v) is 5.14. The number of hydrogen-bond acceptors (Lipinski definition) is 3. The lowest BCUT2D eigenvalue weighted by Crippen LogP contribution is -2.50. The van der Waals surface area contributed by atoms with E-state index in [4.69, 9.17) is 5.84 Å². The van der Waals surface area contributed by atoms with E-state index in [1.807, 2.05) is 0 Å². The van der Waals surface area contributed by atoms with Gasteiger partial charge in [-0.3, -0.25) is 15.2 Å². The number of nitrogens with zero attached hydrogens (tertiary/aromatic N) is 1. The normalized spacial score (nSPS) is 13.2. The molecule has 0 bridgehead atoms. The highest BCUT2D eigenvalue weighted by atomic mass is 16.2. The van der Waals surface area contributed by atoms with Gasteiger partial charge in [0, 0.05) is 13.6 Å². The van der Waals surface area contributed by atoms with Crippen LogP contribution in [0.4, 0.5) is 0 Å². The molecule has 0 spiro atoms. The van der Waals surface area contributed by atoms with E-state index in [9.17, 15) is 4.79 Å². The summed E-state index contributed by atoms with van der Waals surface area (Å²) in [7, 11) is 1.59. The minimum atomic E-state index is -0.355. The van der Waals surface area contributed by atoms with Crippen LogP contribution in [-0.4, -0.2) is 31.5 Å². The van der Waals surface area contributed by atoms with Crippen molar-refractivity contribution in [1.29, 1.82) is 0 Å². The van der Waals surface area contributed by atoms with Crippen molar-refractivity contribution in [3.63, 3.8) is 0 Å². The molecule has 0 saturated carbocycles. The number of hydrogen-bond donors (Lipinski definition) is 4. The third-order valence-corrected chi connectivity index (χ3v) is 1.91. The number of likely N-dealkylation sites (N-methyl/N-ethyl adjacent to an activating group) is 1. The number of aliphatic imine (C=N–C) groups is 1. The minimum Gasteiger partial charge on any atom is -0.357 e. The minimum absolute atomic E-state index is 0.103. The molecule has 0 fully saturated rings. The van der Waals surface area contributed by atoms with Gasteiger partial charge in [0.2, 0.25) is 11.9 Å². The lowest BCUT2D eigenvalue weighted by molar-refractivity contribution is -0.121. The van der Waals surface area contributed by atoms with E-state index in [2.05, 4.69) is 28.0 Å². The highest BCUT2D eigenvalue weighted by Gasteiger charge is 2.11. The summed E-state index contributed by atoms with van der Waals surface area (Å²) in [6, 6.07) is -0.355. The molecule has 0 radical (unpaired) electrons. The fourth-order valence-electron chi connectivity index (χ4n) is 0.969. The molecule has 0 aliphatic carbocycles. The van der Waals surface area contributed by atoms with Crippen molar-refractivity contribution < 1.29 is 4.79 Å². The summed E-state index contributed by atoms with van der Waals surface area (Å²) in [6.07, 6.45) is 2.08. The summed E-state index contributed by atoms with van der Waals surface area (Å²) < 4.78 is 0. The molecule has 5 N–H and O–H groups in total. The van der Waals surface area contributed by atoms with E-state index < -0.39 is 0 Å². The first-order valence-electron chi connectivity index (χ1n) is 5.14. The fraction of sp³-hybridized carbons (Fsp3) is 0.778. The molecule has 1 atom stereocenters. The van der Waals surface area contributed by atoms with E-state index >= 15 is 0 Å². The highest BCUT2D eigenvalue weighted by molar-refractivity contribution is 5.88. The number of nitrogens with two attached hydrogens (primary N) is 1. The summed E-state index contributed by atoms with van der Waals surface area (Å²) in [6.45, 7) is 4.53. The van der Waals surface area contributed by atoms with Crippen LogP contribution in [0.2, 0.25) is 0 Å². The van der Waals surface area contributed by atoms with Gasteiger partial charge in [0.05, 0.1) is 0 Å². The van der Waals surface area contributed by atoms with Gasteiger partial charge in [0.1, 0.15) is 6.04 Å². The molecule has 0 aromatic heterocycles. The SMILES string of the molecule is CCCCN=C(NN)NC(C)C(=O)NC. The van der Waals surface area contributed by atoms with E-state index in [1.54, 1.807) is 14.0 Å².